The molecular weight excluding hydrogens is 302 g/mol. The summed E-state index contributed by atoms with van der Waals surface area (Å²) in [5.41, 5.74) is 0.968. The molecule has 2 aromatic rings. The maximum absolute atomic E-state index is 11.8. The van der Waals surface area contributed by atoms with Gasteiger partial charge in [-0.1, -0.05) is 41.9 Å². The lowest BCUT2D eigenvalue weighted by Gasteiger charge is -2.17. The molecule has 6 heteroatoms. The summed E-state index contributed by atoms with van der Waals surface area (Å²) in [6.07, 6.45) is 0. The van der Waals surface area contributed by atoms with E-state index in [1.807, 2.05) is 43.3 Å². The number of halogens is 1. The summed E-state index contributed by atoms with van der Waals surface area (Å²) in [5, 5.41) is 10.4. The van der Waals surface area contributed by atoms with Crippen molar-refractivity contribution in [2.75, 3.05) is 13.6 Å². The fourth-order valence-corrected chi connectivity index (χ4v) is 2.47. The number of hydrogen-bond donors (Lipinski definition) is 3. The maximum atomic E-state index is 11.8. The predicted octanol–water partition coefficient (Wildman–Crippen LogP) is 2.60. The van der Waals surface area contributed by atoms with Crippen LogP contribution in [-0.2, 0) is 4.79 Å². The van der Waals surface area contributed by atoms with Crippen LogP contribution in [0.5, 0.6) is 0 Å². The molecule has 0 aliphatic carbocycles. The van der Waals surface area contributed by atoms with Crippen LogP contribution < -0.4 is 16.0 Å². The molecule has 2 rings (SSSR count). The summed E-state index contributed by atoms with van der Waals surface area (Å²) >= 11 is 6.20. The molecule has 2 aromatic carbocycles. The Morgan fingerprint density at radius 1 is 1.14 bits per heavy atom. The number of carbonyl (C=O) groups excluding carboxylic acids is 2. The summed E-state index contributed by atoms with van der Waals surface area (Å²) in [6, 6.07) is 10.9. The van der Waals surface area contributed by atoms with Crippen LogP contribution in [0.15, 0.2) is 36.4 Å². The van der Waals surface area contributed by atoms with Gasteiger partial charge in [0.1, 0.15) is 0 Å². The number of likely N-dealkylation sites (N-methyl/N-ethyl adjacent to an activating group) is 1. The average Bonchev–Trinajstić information content (AvgIpc) is 2.53. The number of urea groups is 1. The van der Waals surface area contributed by atoms with Crippen molar-refractivity contribution in [2.24, 2.45) is 0 Å². The van der Waals surface area contributed by atoms with E-state index >= 15 is 0 Å². The van der Waals surface area contributed by atoms with Crippen LogP contribution in [-0.4, -0.2) is 25.5 Å². The number of benzene rings is 2. The van der Waals surface area contributed by atoms with E-state index in [9.17, 15) is 9.59 Å². The molecule has 0 aliphatic rings. The minimum Gasteiger partial charge on any atom is -0.358 e. The molecule has 0 bridgehead atoms. The van der Waals surface area contributed by atoms with Crippen molar-refractivity contribution in [3.8, 4) is 0 Å². The molecule has 0 heterocycles. The van der Waals surface area contributed by atoms with Gasteiger partial charge < -0.3 is 16.0 Å². The third-order valence-corrected chi connectivity index (χ3v) is 3.74. The molecule has 1 atom stereocenters. The molecule has 0 aliphatic heterocycles. The van der Waals surface area contributed by atoms with Gasteiger partial charge >= 0.3 is 6.03 Å². The van der Waals surface area contributed by atoms with E-state index in [-0.39, 0.29) is 18.5 Å². The highest BCUT2D eigenvalue weighted by atomic mass is 35.5. The maximum Gasteiger partial charge on any atom is 0.315 e. The van der Waals surface area contributed by atoms with Crippen molar-refractivity contribution < 1.29 is 9.59 Å². The summed E-state index contributed by atoms with van der Waals surface area (Å²) in [7, 11) is 1.52. The van der Waals surface area contributed by atoms with Crippen LogP contribution in [0.2, 0.25) is 5.02 Å². The Bertz CT molecular complexity index is 703. The van der Waals surface area contributed by atoms with Gasteiger partial charge in [-0.05, 0) is 23.9 Å². The lowest BCUT2D eigenvalue weighted by molar-refractivity contribution is -0.119. The minimum atomic E-state index is -0.393. The fraction of sp³-hybridized carbons (Fsp3) is 0.250. The highest BCUT2D eigenvalue weighted by molar-refractivity contribution is 6.35. The van der Waals surface area contributed by atoms with Crippen molar-refractivity contribution in [1.82, 2.24) is 16.0 Å². The summed E-state index contributed by atoms with van der Waals surface area (Å²) in [4.78, 5) is 22.9. The zero-order chi connectivity index (χ0) is 16.1. The van der Waals surface area contributed by atoms with Crippen molar-refractivity contribution in [3.63, 3.8) is 0 Å². The monoisotopic (exact) mass is 319 g/mol. The molecule has 3 N–H and O–H groups in total. The lowest BCUT2D eigenvalue weighted by atomic mass is 10.00. The normalized spacial score (nSPS) is 11.8. The van der Waals surface area contributed by atoms with Gasteiger partial charge in [0.05, 0.1) is 12.6 Å². The quantitative estimate of drug-likeness (QED) is 0.810. The molecule has 0 saturated carbocycles. The molecule has 0 fully saturated rings. The summed E-state index contributed by atoms with van der Waals surface area (Å²) in [5.74, 6) is -0.250. The highest BCUT2D eigenvalue weighted by Gasteiger charge is 2.13. The zero-order valence-corrected chi connectivity index (χ0v) is 13.2. The molecule has 0 spiro atoms. The topological polar surface area (TPSA) is 70.2 Å². The van der Waals surface area contributed by atoms with Crippen LogP contribution >= 0.6 is 11.6 Å². The molecule has 0 unspecified atom stereocenters. The Morgan fingerprint density at radius 2 is 1.82 bits per heavy atom. The van der Waals surface area contributed by atoms with E-state index in [1.165, 1.54) is 7.05 Å². The first kappa shape index (κ1) is 16.1. The van der Waals surface area contributed by atoms with Gasteiger partial charge in [-0.15, -0.1) is 0 Å². The Balaban J connectivity index is 2.13. The van der Waals surface area contributed by atoms with E-state index in [0.717, 1.165) is 16.3 Å². The Hall–Kier alpha value is -2.27. The van der Waals surface area contributed by atoms with Gasteiger partial charge in [-0.2, -0.15) is 0 Å². The first-order valence-electron chi connectivity index (χ1n) is 6.95. The molecule has 116 valence electrons. The van der Waals surface area contributed by atoms with E-state index in [0.29, 0.717) is 5.02 Å². The molecule has 0 aromatic heterocycles. The molecule has 0 saturated heterocycles. The van der Waals surface area contributed by atoms with Crippen molar-refractivity contribution in [3.05, 3.63) is 47.0 Å². The molecular formula is C16H18ClN3O2. The number of amides is 3. The Morgan fingerprint density at radius 3 is 2.50 bits per heavy atom. The van der Waals surface area contributed by atoms with Crippen molar-refractivity contribution >= 4 is 34.3 Å². The van der Waals surface area contributed by atoms with Gasteiger partial charge in [0, 0.05) is 17.5 Å². The summed E-state index contributed by atoms with van der Waals surface area (Å²) in [6.45, 7) is 1.82. The number of carbonyl (C=O) groups is 2. The molecule has 22 heavy (non-hydrogen) atoms. The zero-order valence-electron chi connectivity index (χ0n) is 12.4. The number of rotatable bonds is 4. The second-order valence-corrected chi connectivity index (χ2v) is 5.31. The SMILES string of the molecule is CNC(=O)CNC(=O)N[C@H](C)c1ccc(Cl)c2ccccc12. The van der Waals surface area contributed by atoms with Crippen LogP contribution in [0.1, 0.15) is 18.5 Å². The smallest absolute Gasteiger partial charge is 0.315 e. The van der Waals surface area contributed by atoms with Crippen LogP contribution in [0.3, 0.4) is 0 Å². The summed E-state index contributed by atoms with van der Waals surface area (Å²) < 4.78 is 0. The van der Waals surface area contributed by atoms with E-state index in [2.05, 4.69) is 16.0 Å². The van der Waals surface area contributed by atoms with Gasteiger partial charge in [0.25, 0.3) is 0 Å². The van der Waals surface area contributed by atoms with Crippen LogP contribution in [0.25, 0.3) is 10.8 Å². The number of hydrogen-bond acceptors (Lipinski definition) is 2. The number of fused-ring (bicyclic) bond motifs is 1. The van der Waals surface area contributed by atoms with Gasteiger partial charge in [0.15, 0.2) is 0 Å². The predicted molar refractivity (Wildman–Crippen MR) is 88.0 cm³/mol. The van der Waals surface area contributed by atoms with Gasteiger partial charge in [-0.3, -0.25) is 4.79 Å². The standard InChI is InChI=1S/C16H18ClN3O2/c1-10(20-16(22)19-9-15(21)18-2)11-7-8-14(17)13-6-4-3-5-12(11)13/h3-8,10H,9H2,1-2H3,(H,18,21)(H2,19,20,22)/t10-/m1/s1. The number of nitrogens with one attached hydrogen (secondary N) is 3. The first-order chi connectivity index (χ1) is 10.5. The highest BCUT2D eigenvalue weighted by Crippen LogP contribution is 2.29. The van der Waals surface area contributed by atoms with Crippen LogP contribution in [0, 0.1) is 0 Å². The third-order valence-electron chi connectivity index (χ3n) is 3.41. The van der Waals surface area contributed by atoms with Crippen molar-refractivity contribution in [1.29, 1.82) is 0 Å². The fourth-order valence-electron chi connectivity index (χ4n) is 2.24. The second kappa shape index (κ2) is 7.13. The molecule has 0 radical (unpaired) electrons. The van der Waals surface area contributed by atoms with Crippen LogP contribution in [0.4, 0.5) is 4.79 Å². The molecule has 3 amide bonds. The lowest BCUT2D eigenvalue weighted by Crippen LogP contribution is -2.42. The minimum absolute atomic E-state index is 0.0591. The second-order valence-electron chi connectivity index (χ2n) is 4.90. The first-order valence-corrected chi connectivity index (χ1v) is 7.33. The Labute approximate surface area is 134 Å². The van der Waals surface area contributed by atoms with Crippen molar-refractivity contribution in [2.45, 2.75) is 13.0 Å². The van der Waals surface area contributed by atoms with Gasteiger partial charge in [-0.25, -0.2) is 4.79 Å². The Kier molecular flexibility index (Phi) is 5.22. The average molecular weight is 320 g/mol. The van der Waals surface area contributed by atoms with E-state index in [1.54, 1.807) is 0 Å². The third kappa shape index (κ3) is 3.68. The van der Waals surface area contributed by atoms with Gasteiger partial charge in [0.2, 0.25) is 5.91 Å². The largest absolute Gasteiger partial charge is 0.358 e. The molecule has 5 nitrogen and oxygen atoms in total. The van der Waals surface area contributed by atoms with E-state index in [4.69, 9.17) is 11.6 Å². The van der Waals surface area contributed by atoms with E-state index < -0.39 is 6.03 Å².